The lowest BCUT2D eigenvalue weighted by molar-refractivity contribution is -0.0568. The van der Waals surface area contributed by atoms with Crippen LogP contribution in [0.1, 0.15) is 52.9 Å². The molecule has 1 saturated carbocycles. The van der Waals surface area contributed by atoms with Crippen molar-refractivity contribution in [3.8, 4) is 0 Å². The number of nitrogens with zero attached hydrogens (tertiary/aromatic N) is 2. The summed E-state index contributed by atoms with van der Waals surface area (Å²) in [6.45, 7) is 7.48. The van der Waals surface area contributed by atoms with E-state index in [1.165, 1.54) is 19.3 Å². The first-order valence-electron chi connectivity index (χ1n) is 8.09. The molecule has 1 N–H and O–H groups in total. The van der Waals surface area contributed by atoms with Crippen LogP contribution in [0, 0.1) is 0 Å². The van der Waals surface area contributed by atoms with Crippen molar-refractivity contribution in [2.24, 2.45) is 0 Å². The van der Waals surface area contributed by atoms with E-state index in [9.17, 15) is 9.90 Å². The minimum absolute atomic E-state index is 0.267. The van der Waals surface area contributed by atoms with Gasteiger partial charge in [-0.05, 0) is 53.5 Å². The maximum absolute atomic E-state index is 12.0. The van der Waals surface area contributed by atoms with E-state index < -0.39 is 11.2 Å². The zero-order valence-electron chi connectivity index (χ0n) is 13.9. The van der Waals surface area contributed by atoms with Crippen molar-refractivity contribution in [2.75, 3.05) is 26.7 Å². The van der Waals surface area contributed by atoms with Crippen molar-refractivity contribution in [3.05, 3.63) is 0 Å². The fraction of sp³-hybridized carbons (Fsp3) is 0.938. The summed E-state index contributed by atoms with van der Waals surface area (Å²) in [7, 11) is 2.10. The van der Waals surface area contributed by atoms with E-state index in [2.05, 4.69) is 11.9 Å². The maximum atomic E-state index is 12.0. The van der Waals surface area contributed by atoms with E-state index in [0.29, 0.717) is 38.5 Å². The molecular weight excluding hydrogens is 268 g/mol. The zero-order valence-corrected chi connectivity index (χ0v) is 13.9. The van der Waals surface area contributed by atoms with Gasteiger partial charge in [0.1, 0.15) is 5.60 Å². The smallest absolute Gasteiger partial charge is 0.410 e. The van der Waals surface area contributed by atoms with Crippen LogP contribution in [-0.4, -0.2) is 64.9 Å². The Bertz CT molecular complexity index is 366. The molecule has 5 heteroatoms. The van der Waals surface area contributed by atoms with Crippen LogP contribution in [-0.2, 0) is 4.74 Å². The van der Waals surface area contributed by atoms with Crippen LogP contribution < -0.4 is 0 Å². The van der Waals surface area contributed by atoms with Crippen LogP contribution in [0.3, 0.4) is 0 Å². The first kappa shape index (κ1) is 16.6. The lowest BCUT2D eigenvalue weighted by Crippen LogP contribution is -2.54. The molecular formula is C16H30N2O3. The zero-order chi connectivity index (χ0) is 15.7. The number of rotatable bonds is 3. The number of hydrogen-bond acceptors (Lipinski definition) is 4. The SMILES string of the molecule is CN(CC1(O)CCN(C(=O)OC(C)(C)C)CC1)C1CCC1. The van der Waals surface area contributed by atoms with Gasteiger partial charge in [0.05, 0.1) is 5.60 Å². The summed E-state index contributed by atoms with van der Waals surface area (Å²) >= 11 is 0. The highest BCUT2D eigenvalue weighted by molar-refractivity contribution is 5.68. The number of hydrogen-bond donors (Lipinski definition) is 1. The summed E-state index contributed by atoms with van der Waals surface area (Å²) in [5, 5.41) is 10.7. The van der Waals surface area contributed by atoms with Crippen molar-refractivity contribution in [2.45, 2.75) is 70.1 Å². The molecule has 1 saturated heterocycles. The number of ether oxygens (including phenoxy) is 1. The van der Waals surface area contributed by atoms with Gasteiger partial charge in [-0.25, -0.2) is 4.79 Å². The second-order valence-corrected chi connectivity index (χ2v) is 7.69. The minimum atomic E-state index is -0.664. The number of likely N-dealkylation sites (tertiary alicyclic amines) is 1. The van der Waals surface area contributed by atoms with E-state index in [4.69, 9.17) is 4.74 Å². The van der Waals surface area contributed by atoms with Gasteiger partial charge in [0, 0.05) is 25.7 Å². The Morgan fingerprint density at radius 3 is 2.33 bits per heavy atom. The van der Waals surface area contributed by atoms with Gasteiger partial charge in [-0.2, -0.15) is 0 Å². The van der Waals surface area contributed by atoms with Gasteiger partial charge in [0.25, 0.3) is 0 Å². The van der Waals surface area contributed by atoms with Gasteiger partial charge in [-0.1, -0.05) is 6.42 Å². The second-order valence-electron chi connectivity index (χ2n) is 7.69. The van der Waals surface area contributed by atoms with Gasteiger partial charge in [0.15, 0.2) is 0 Å². The largest absolute Gasteiger partial charge is 0.444 e. The quantitative estimate of drug-likeness (QED) is 0.868. The molecule has 122 valence electrons. The van der Waals surface area contributed by atoms with Crippen molar-refractivity contribution in [1.82, 2.24) is 9.80 Å². The Hall–Kier alpha value is -0.810. The molecule has 2 aliphatic rings. The summed E-state index contributed by atoms with van der Waals surface area (Å²) in [6, 6.07) is 0.637. The molecule has 1 aliphatic carbocycles. The van der Waals surface area contributed by atoms with Gasteiger partial charge < -0.3 is 19.6 Å². The van der Waals surface area contributed by atoms with Gasteiger partial charge in [-0.3, -0.25) is 0 Å². The molecule has 0 aromatic heterocycles. The lowest BCUT2D eigenvalue weighted by Gasteiger charge is -2.43. The number of likely N-dealkylation sites (N-methyl/N-ethyl adjacent to an activating group) is 1. The van der Waals surface area contributed by atoms with Crippen LogP contribution in [0.15, 0.2) is 0 Å². The Balaban J connectivity index is 1.80. The summed E-state index contributed by atoms with van der Waals surface area (Å²) in [6.07, 6.45) is 4.79. The van der Waals surface area contributed by atoms with E-state index in [-0.39, 0.29) is 6.09 Å². The average Bonchev–Trinajstić information content (AvgIpc) is 2.23. The van der Waals surface area contributed by atoms with Crippen molar-refractivity contribution < 1.29 is 14.6 Å². The van der Waals surface area contributed by atoms with Crippen molar-refractivity contribution >= 4 is 6.09 Å². The number of amides is 1. The molecule has 2 fully saturated rings. The number of aliphatic hydroxyl groups is 1. The molecule has 0 radical (unpaired) electrons. The van der Waals surface area contributed by atoms with Crippen molar-refractivity contribution in [3.63, 3.8) is 0 Å². The molecule has 5 nitrogen and oxygen atoms in total. The molecule has 0 atom stereocenters. The second kappa shape index (κ2) is 6.13. The van der Waals surface area contributed by atoms with Crippen LogP contribution in [0.4, 0.5) is 4.79 Å². The number of carbonyl (C=O) groups is 1. The molecule has 0 spiro atoms. The van der Waals surface area contributed by atoms with Crippen LogP contribution in [0.25, 0.3) is 0 Å². The highest BCUT2D eigenvalue weighted by Gasteiger charge is 2.37. The summed E-state index contributed by atoms with van der Waals surface area (Å²) < 4.78 is 5.39. The third-order valence-electron chi connectivity index (χ3n) is 4.59. The molecule has 1 aliphatic heterocycles. The van der Waals surface area contributed by atoms with Gasteiger partial charge in [0.2, 0.25) is 0 Å². The molecule has 1 heterocycles. The topological polar surface area (TPSA) is 53.0 Å². The Kier molecular flexibility index (Phi) is 4.83. The highest BCUT2D eigenvalue weighted by Crippen LogP contribution is 2.29. The molecule has 0 aromatic rings. The third-order valence-corrected chi connectivity index (χ3v) is 4.59. The minimum Gasteiger partial charge on any atom is -0.444 e. The third kappa shape index (κ3) is 4.58. The lowest BCUT2D eigenvalue weighted by atomic mass is 9.87. The highest BCUT2D eigenvalue weighted by atomic mass is 16.6. The fourth-order valence-corrected chi connectivity index (χ4v) is 3.01. The number of piperidine rings is 1. The predicted octanol–water partition coefficient (Wildman–Crippen LogP) is 2.23. The molecule has 1 amide bonds. The molecule has 0 bridgehead atoms. The Morgan fingerprint density at radius 1 is 1.33 bits per heavy atom. The summed E-state index contributed by atoms with van der Waals surface area (Å²) in [5.41, 5.74) is -1.13. The molecule has 2 rings (SSSR count). The number of carbonyl (C=O) groups excluding carboxylic acids is 1. The Morgan fingerprint density at radius 2 is 1.90 bits per heavy atom. The fourth-order valence-electron chi connectivity index (χ4n) is 3.01. The molecule has 0 aromatic carbocycles. The normalized spacial score (nSPS) is 23.0. The predicted molar refractivity (Wildman–Crippen MR) is 82.3 cm³/mol. The van der Waals surface area contributed by atoms with Crippen LogP contribution >= 0.6 is 0 Å². The van der Waals surface area contributed by atoms with Crippen LogP contribution in [0.5, 0.6) is 0 Å². The first-order chi connectivity index (χ1) is 9.69. The van der Waals surface area contributed by atoms with Gasteiger partial charge in [-0.15, -0.1) is 0 Å². The van der Waals surface area contributed by atoms with E-state index in [0.717, 1.165) is 0 Å². The van der Waals surface area contributed by atoms with E-state index >= 15 is 0 Å². The standard InChI is InChI=1S/C16H30N2O3/c1-15(2,3)21-14(19)18-10-8-16(20,9-11-18)12-17(4)13-6-5-7-13/h13,20H,5-12H2,1-4H3. The summed E-state index contributed by atoms with van der Waals surface area (Å²) in [5.74, 6) is 0. The first-order valence-corrected chi connectivity index (χ1v) is 8.09. The Labute approximate surface area is 128 Å². The van der Waals surface area contributed by atoms with Gasteiger partial charge >= 0.3 is 6.09 Å². The molecule has 0 unspecified atom stereocenters. The van der Waals surface area contributed by atoms with E-state index in [1.807, 2.05) is 20.8 Å². The van der Waals surface area contributed by atoms with E-state index in [1.54, 1.807) is 4.90 Å². The van der Waals surface area contributed by atoms with Crippen molar-refractivity contribution in [1.29, 1.82) is 0 Å². The maximum Gasteiger partial charge on any atom is 0.410 e. The van der Waals surface area contributed by atoms with Crippen LogP contribution in [0.2, 0.25) is 0 Å². The average molecular weight is 298 g/mol. The molecule has 21 heavy (non-hydrogen) atoms. The monoisotopic (exact) mass is 298 g/mol. The summed E-state index contributed by atoms with van der Waals surface area (Å²) in [4.78, 5) is 16.0.